The Bertz CT molecular complexity index is 1290. The van der Waals surface area contributed by atoms with Crippen molar-refractivity contribution in [2.45, 2.75) is 10.9 Å². The highest BCUT2D eigenvalue weighted by Gasteiger charge is 2.29. The van der Waals surface area contributed by atoms with E-state index in [9.17, 15) is 13.2 Å². The van der Waals surface area contributed by atoms with Gasteiger partial charge in [-0.25, -0.2) is 8.42 Å². The summed E-state index contributed by atoms with van der Waals surface area (Å²) in [6, 6.07) is 19.3. The van der Waals surface area contributed by atoms with Gasteiger partial charge in [0.05, 0.1) is 11.7 Å². The van der Waals surface area contributed by atoms with Crippen LogP contribution in [0.2, 0.25) is 0 Å². The second-order valence-corrected chi connectivity index (χ2v) is 9.48. The van der Waals surface area contributed by atoms with Gasteiger partial charge in [0.2, 0.25) is 15.9 Å². The van der Waals surface area contributed by atoms with Crippen LogP contribution in [0.1, 0.15) is 11.6 Å². The molecule has 30 heavy (non-hydrogen) atoms. The van der Waals surface area contributed by atoms with Crippen LogP contribution in [-0.4, -0.2) is 23.1 Å². The third kappa shape index (κ3) is 4.41. The lowest BCUT2D eigenvalue weighted by Gasteiger charge is -2.19. The predicted octanol–water partition coefficient (Wildman–Crippen LogP) is 4.11. The first-order chi connectivity index (χ1) is 14.4. The number of sulfonamides is 1. The molecule has 0 saturated carbocycles. The van der Waals surface area contributed by atoms with E-state index < -0.39 is 22.0 Å². The number of hydrogen-bond acceptors (Lipinski definition) is 6. The standard InChI is InChI=1S/C20H15BrN4O3S2/c21-14-9-11-15(12-10-14)22-20(26)18(13-5-2-1-3-6-13)25-30(27,28)17-8-4-7-16-19(17)24-29-23-16/h1-12,18,25H,(H,22,26)/t18-/m1/s1. The van der Waals surface area contributed by atoms with Crippen LogP contribution in [0.25, 0.3) is 11.0 Å². The van der Waals surface area contributed by atoms with Crippen molar-refractivity contribution in [1.29, 1.82) is 0 Å². The van der Waals surface area contributed by atoms with Crippen molar-refractivity contribution in [3.63, 3.8) is 0 Å². The van der Waals surface area contributed by atoms with Gasteiger partial charge in [-0.3, -0.25) is 4.79 Å². The van der Waals surface area contributed by atoms with E-state index in [2.05, 4.69) is 34.7 Å². The second kappa shape index (κ2) is 8.60. The SMILES string of the molecule is O=C(Nc1ccc(Br)cc1)[C@H](NS(=O)(=O)c1cccc2nsnc12)c1ccccc1. The Labute approximate surface area is 185 Å². The van der Waals surface area contributed by atoms with E-state index in [1.165, 1.54) is 6.07 Å². The van der Waals surface area contributed by atoms with Gasteiger partial charge < -0.3 is 5.32 Å². The van der Waals surface area contributed by atoms with Crippen LogP contribution < -0.4 is 10.0 Å². The second-order valence-electron chi connectivity index (χ2n) is 6.35. The largest absolute Gasteiger partial charge is 0.324 e. The number of carbonyl (C=O) groups is 1. The quantitative estimate of drug-likeness (QED) is 0.413. The van der Waals surface area contributed by atoms with Crippen LogP contribution >= 0.6 is 27.7 Å². The van der Waals surface area contributed by atoms with E-state index in [1.807, 2.05) is 0 Å². The van der Waals surface area contributed by atoms with E-state index in [4.69, 9.17) is 0 Å². The Morgan fingerprint density at radius 3 is 2.40 bits per heavy atom. The van der Waals surface area contributed by atoms with Crippen molar-refractivity contribution >= 4 is 60.3 Å². The van der Waals surface area contributed by atoms with Gasteiger partial charge in [-0.05, 0) is 42.0 Å². The van der Waals surface area contributed by atoms with Gasteiger partial charge in [0.15, 0.2) is 0 Å². The molecule has 1 amide bonds. The van der Waals surface area contributed by atoms with Crippen LogP contribution in [0, 0.1) is 0 Å². The van der Waals surface area contributed by atoms with E-state index in [0.29, 0.717) is 16.8 Å². The molecule has 1 atom stereocenters. The van der Waals surface area contributed by atoms with Crippen molar-refractivity contribution in [2.24, 2.45) is 0 Å². The molecule has 0 spiro atoms. The molecule has 2 N–H and O–H groups in total. The number of aromatic nitrogens is 2. The molecule has 0 saturated heterocycles. The van der Waals surface area contributed by atoms with Gasteiger partial charge in [0.25, 0.3) is 0 Å². The summed E-state index contributed by atoms with van der Waals surface area (Å²) in [6.45, 7) is 0. The third-order valence-electron chi connectivity index (χ3n) is 4.32. The number of rotatable bonds is 6. The lowest BCUT2D eigenvalue weighted by molar-refractivity contribution is -0.117. The number of nitrogens with zero attached hydrogens (tertiary/aromatic N) is 2. The zero-order valence-corrected chi connectivity index (χ0v) is 18.5. The number of carbonyl (C=O) groups excluding carboxylic acids is 1. The van der Waals surface area contributed by atoms with Crippen molar-refractivity contribution in [3.05, 3.63) is 82.8 Å². The van der Waals surface area contributed by atoms with Crippen LogP contribution in [0.4, 0.5) is 5.69 Å². The molecule has 1 heterocycles. The number of anilines is 1. The third-order valence-corrected chi connectivity index (χ3v) is 6.84. The minimum atomic E-state index is -4.06. The summed E-state index contributed by atoms with van der Waals surface area (Å²) in [7, 11) is -4.06. The Morgan fingerprint density at radius 1 is 0.933 bits per heavy atom. The molecule has 0 aliphatic carbocycles. The highest BCUT2D eigenvalue weighted by molar-refractivity contribution is 9.10. The van der Waals surface area contributed by atoms with Gasteiger partial charge in [0, 0.05) is 10.2 Å². The van der Waals surface area contributed by atoms with Gasteiger partial charge in [-0.15, -0.1) is 0 Å². The highest BCUT2D eigenvalue weighted by atomic mass is 79.9. The van der Waals surface area contributed by atoms with E-state index >= 15 is 0 Å². The zero-order chi connectivity index (χ0) is 21.1. The first-order valence-electron chi connectivity index (χ1n) is 8.79. The molecule has 0 bridgehead atoms. The molecule has 1 aromatic heterocycles. The minimum Gasteiger partial charge on any atom is -0.324 e. The summed E-state index contributed by atoms with van der Waals surface area (Å²) >= 11 is 4.28. The van der Waals surface area contributed by atoms with Crippen molar-refractivity contribution < 1.29 is 13.2 Å². The molecule has 0 unspecified atom stereocenters. The monoisotopic (exact) mass is 502 g/mol. The van der Waals surface area contributed by atoms with Gasteiger partial charge >= 0.3 is 0 Å². The Morgan fingerprint density at radius 2 is 1.67 bits per heavy atom. The summed E-state index contributed by atoms with van der Waals surface area (Å²) < 4.78 is 37.9. The molecule has 152 valence electrons. The summed E-state index contributed by atoms with van der Waals surface area (Å²) in [5.41, 5.74) is 1.82. The molecule has 0 aliphatic heterocycles. The fourth-order valence-electron chi connectivity index (χ4n) is 2.88. The number of amides is 1. The lowest BCUT2D eigenvalue weighted by Crippen LogP contribution is -2.37. The predicted molar refractivity (Wildman–Crippen MR) is 120 cm³/mol. The van der Waals surface area contributed by atoms with Gasteiger partial charge in [0.1, 0.15) is 22.0 Å². The number of benzene rings is 3. The number of halogens is 1. The van der Waals surface area contributed by atoms with Gasteiger partial charge in [-0.2, -0.15) is 13.5 Å². The maximum absolute atomic E-state index is 13.2. The fraction of sp³-hybridized carbons (Fsp3) is 0.0500. The molecule has 0 aliphatic rings. The molecule has 0 radical (unpaired) electrons. The Kier molecular flexibility index (Phi) is 5.91. The summed E-state index contributed by atoms with van der Waals surface area (Å²) in [5, 5.41) is 2.76. The number of nitrogens with one attached hydrogen (secondary N) is 2. The Hall–Kier alpha value is -2.66. The average Bonchev–Trinajstić information content (AvgIpc) is 3.23. The molecule has 4 rings (SSSR count). The molecule has 3 aromatic carbocycles. The molecular weight excluding hydrogens is 488 g/mol. The van der Waals surface area contributed by atoms with Crippen LogP contribution in [0.3, 0.4) is 0 Å². The highest BCUT2D eigenvalue weighted by Crippen LogP contribution is 2.24. The van der Waals surface area contributed by atoms with Crippen LogP contribution in [0.5, 0.6) is 0 Å². The maximum Gasteiger partial charge on any atom is 0.247 e. The van der Waals surface area contributed by atoms with E-state index in [0.717, 1.165) is 16.2 Å². The van der Waals surface area contributed by atoms with E-state index in [1.54, 1.807) is 66.7 Å². The maximum atomic E-state index is 13.2. The van der Waals surface area contributed by atoms with E-state index in [-0.39, 0.29) is 10.4 Å². The first-order valence-corrected chi connectivity index (χ1v) is 11.8. The number of fused-ring (bicyclic) bond motifs is 1. The fourth-order valence-corrected chi connectivity index (χ4v) is 5.10. The van der Waals surface area contributed by atoms with Crippen molar-refractivity contribution in [3.8, 4) is 0 Å². The Balaban J connectivity index is 1.69. The smallest absolute Gasteiger partial charge is 0.247 e. The van der Waals surface area contributed by atoms with Crippen LogP contribution in [0.15, 0.2) is 82.2 Å². The average molecular weight is 503 g/mol. The summed E-state index contributed by atoms with van der Waals surface area (Å²) in [6.07, 6.45) is 0. The zero-order valence-electron chi connectivity index (χ0n) is 15.3. The van der Waals surface area contributed by atoms with Gasteiger partial charge in [-0.1, -0.05) is 52.3 Å². The molecule has 0 fully saturated rings. The minimum absolute atomic E-state index is 0.0221. The molecular formula is C20H15BrN4O3S2. The normalized spacial score (nSPS) is 12.6. The molecule has 10 heteroatoms. The molecule has 7 nitrogen and oxygen atoms in total. The van der Waals surface area contributed by atoms with Crippen molar-refractivity contribution in [2.75, 3.05) is 5.32 Å². The molecule has 4 aromatic rings. The summed E-state index contributed by atoms with van der Waals surface area (Å²) in [5.74, 6) is -0.504. The van der Waals surface area contributed by atoms with Crippen LogP contribution in [-0.2, 0) is 14.8 Å². The lowest BCUT2D eigenvalue weighted by atomic mass is 10.1. The topological polar surface area (TPSA) is 101 Å². The summed E-state index contributed by atoms with van der Waals surface area (Å²) in [4.78, 5) is 13.0. The number of hydrogen-bond donors (Lipinski definition) is 2. The van der Waals surface area contributed by atoms with Crippen molar-refractivity contribution in [1.82, 2.24) is 13.5 Å². The first kappa shape index (κ1) is 20.6.